The molecule has 1 unspecified atom stereocenters. The Morgan fingerprint density at radius 1 is 1.47 bits per heavy atom. The zero-order valence-electron chi connectivity index (χ0n) is 10.6. The number of H-pyrrole nitrogens is 1. The molecule has 0 bridgehead atoms. The van der Waals surface area contributed by atoms with Gasteiger partial charge in [-0.05, 0) is 31.5 Å². The molecule has 0 aliphatic heterocycles. The number of thioether (sulfide) groups is 1. The summed E-state index contributed by atoms with van der Waals surface area (Å²) in [5, 5.41) is 2.21. The molecule has 1 aromatic heterocycles. The molecule has 19 heavy (non-hydrogen) atoms. The van der Waals surface area contributed by atoms with Gasteiger partial charge in [0.2, 0.25) is 5.91 Å². The summed E-state index contributed by atoms with van der Waals surface area (Å²) < 4.78 is 0. The molecule has 0 saturated heterocycles. The average Bonchev–Trinajstić information content (AvgIpc) is 2.69. The minimum absolute atomic E-state index is 0.436. The van der Waals surface area contributed by atoms with E-state index in [-0.39, 0.29) is 0 Å². The molecule has 7 heteroatoms. The number of amides is 3. The number of rotatable bonds is 3. The number of imide groups is 1. The number of benzene rings is 1. The van der Waals surface area contributed by atoms with E-state index >= 15 is 0 Å². The Kier molecular flexibility index (Phi) is 3.75. The van der Waals surface area contributed by atoms with Gasteiger partial charge in [0.1, 0.15) is 0 Å². The number of aromatic nitrogens is 2. The number of nitrogens with zero attached hydrogens (tertiary/aromatic N) is 1. The number of aryl methyl sites for hydroxylation is 1. The second-order valence-corrected chi connectivity index (χ2v) is 5.51. The average molecular weight is 278 g/mol. The highest BCUT2D eigenvalue weighted by atomic mass is 32.2. The highest BCUT2D eigenvalue weighted by molar-refractivity contribution is 8.00. The van der Waals surface area contributed by atoms with Gasteiger partial charge in [-0.2, -0.15) is 0 Å². The lowest BCUT2D eigenvalue weighted by atomic mass is 10.2. The van der Waals surface area contributed by atoms with Gasteiger partial charge in [-0.15, -0.1) is 0 Å². The Morgan fingerprint density at radius 2 is 2.21 bits per heavy atom. The summed E-state index contributed by atoms with van der Waals surface area (Å²) in [7, 11) is 0. The van der Waals surface area contributed by atoms with Gasteiger partial charge >= 0.3 is 6.03 Å². The molecule has 3 amide bonds. The quantitative estimate of drug-likeness (QED) is 0.741. The highest BCUT2D eigenvalue weighted by Gasteiger charge is 2.17. The molecule has 2 rings (SSSR count). The van der Waals surface area contributed by atoms with Crippen LogP contribution in [-0.4, -0.2) is 27.2 Å². The fourth-order valence-corrected chi connectivity index (χ4v) is 2.42. The number of imidazole rings is 1. The summed E-state index contributed by atoms with van der Waals surface area (Å²) in [6, 6.07) is 5.03. The molecule has 1 heterocycles. The summed E-state index contributed by atoms with van der Waals surface area (Å²) in [6.45, 7) is 3.68. The second kappa shape index (κ2) is 5.31. The van der Waals surface area contributed by atoms with Crippen molar-refractivity contribution in [3.63, 3.8) is 0 Å². The molecular weight excluding hydrogens is 264 g/mol. The first kappa shape index (κ1) is 13.4. The lowest BCUT2D eigenvalue weighted by Crippen LogP contribution is -2.39. The number of hydrogen-bond acceptors (Lipinski definition) is 4. The molecular formula is C12H14N4O2S. The van der Waals surface area contributed by atoms with Crippen LogP contribution in [0.15, 0.2) is 23.4 Å². The van der Waals surface area contributed by atoms with Crippen molar-refractivity contribution in [2.45, 2.75) is 24.3 Å². The smallest absolute Gasteiger partial charge is 0.318 e. The fourth-order valence-electron chi connectivity index (χ4n) is 1.60. The predicted molar refractivity (Wildman–Crippen MR) is 73.9 cm³/mol. The Hall–Kier alpha value is -2.02. The van der Waals surface area contributed by atoms with Gasteiger partial charge in [0.05, 0.1) is 16.3 Å². The number of nitrogens with two attached hydrogens (primary N) is 1. The van der Waals surface area contributed by atoms with Crippen LogP contribution in [0, 0.1) is 6.92 Å². The molecule has 0 radical (unpaired) electrons. The first-order chi connectivity index (χ1) is 8.95. The lowest BCUT2D eigenvalue weighted by Gasteiger charge is -2.07. The minimum Gasteiger partial charge on any atom is -0.351 e. The van der Waals surface area contributed by atoms with Gasteiger partial charge < -0.3 is 10.7 Å². The van der Waals surface area contributed by atoms with Crippen LogP contribution < -0.4 is 11.1 Å². The van der Waals surface area contributed by atoms with E-state index in [1.54, 1.807) is 6.92 Å². The third-order valence-electron chi connectivity index (χ3n) is 2.52. The van der Waals surface area contributed by atoms with E-state index in [9.17, 15) is 9.59 Å². The van der Waals surface area contributed by atoms with Crippen molar-refractivity contribution in [1.29, 1.82) is 0 Å². The van der Waals surface area contributed by atoms with E-state index < -0.39 is 17.2 Å². The number of hydrogen-bond donors (Lipinski definition) is 3. The van der Waals surface area contributed by atoms with Crippen molar-refractivity contribution >= 4 is 34.7 Å². The van der Waals surface area contributed by atoms with Crippen LogP contribution in [0.4, 0.5) is 4.79 Å². The van der Waals surface area contributed by atoms with Crippen LogP contribution in [-0.2, 0) is 4.79 Å². The third-order valence-corrected chi connectivity index (χ3v) is 3.50. The Labute approximate surface area is 114 Å². The van der Waals surface area contributed by atoms with Crippen LogP contribution in [0.5, 0.6) is 0 Å². The molecule has 0 saturated carbocycles. The SMILES string of the molecule is Cc1ccc2nc(SC(C)C(=O)NC(N)=O)[nH]c2c1. The number of carbonyl (C=O) groups excluding carboxylic acids is 2. The molecule has 100 valence electrons. The zero-order chi connectivity index (χ0) is 14.0. The minimum atomic E-state index is -0.849. The molecule has 4 N–H and O–H groups in total. The van der Waals surface area contributed by atoms with Crippen molar-refractivity contribution in [3.8, 4) is 0 Å². The van der Waals surface area contributed by atoms with Crippen molar-refractivity contribution in [2.24, 2.45) is 5.73 Å². The van der Waals surface area contributed by atoms with Gasteiger partial charge in [0, 0.05) is 0 Å². The van der Waals surface area contributed by atoms with Crippen LogP contribution in [0.3, 0.4) is 0 Å². The first-order valence-electron chi connectivity index (χ1n) is 5.69. The summed E-state index contributed by atoms with van der Waals surface area (Å²) in [4.78, 5) is 29.7. The first-order valence-corrected chi connectivity index (χ1v) is 6.57. The van der Waals surface area contributed by atoms with Crippen LogP contribution in [0.25, 0.3) is 11.0 Å². The molecule has 6 nitrogen and oxygen atoms in total. The molecule has 1 aromatic carbocycles. The van der Waals surface area contributed by atoms with Gasteiger partial charge in [0.15, 0.2) is 5.16 Å². The fraction of sp³-hybridized carbons (Fsp3) is 0.250. The predicted octanol–water partition coefficient (Wildman–Crippen LogP) is 1.55. The third kappa shape index (κ3) is 3.25. The van der Waals surface area contributed by atoms with Gasteiger partial charge in [-0.25, -0.2) is 9.78 Å². The van der Waals surface area contributed by atoms with Crippen molar-refractivity contribution < 1.29 is 9.59 Å². The topological polar surface area (TPSA) is 101 Å². The molecule has 2 aromatic rings. The maximum atomic E-state index is 11.6. The van der Waals surface area contributed by atoms with Crippen LogP contribution in [0.1, 0.15) is 12.5 Å². The van der Waals surface area contributed by atoms with E-state index in [1.165, 1.54) is 11.8 Å². The van der Waals surface area contributed by atoms with E-state index in [0.29, 0.717) is 5.16 Å². The molecule has 0 fully saturated rings. The van der Waals surface area contributed by atoms with Gasteiger partial charge in [-0.3, -0.25) is 10.1 Å². The van der Waals surface area contributed by atoms with Gasteiger partial charge in [0.25, 0.3) is 0 Å². The molecule has 0 spiro atoms. The number of fused-ring (bicyclic) bond motifs is 1. The summed E-state index contributed by atoms with van der Waals surface area (Å²) in [5.74, 6) is -0.436. The normalized spacial score (nSPS) is 12.3. The number of urea groups is 1. The largest absolute Gasteiger partial charge is 0.351 e. The monoisotopic (exact) mass is 278 g/mol. The van der Waals surface area contributed by atoms with Crippen molar-refractivity contribution in [1.82, 2.24) is 15.3 Å². The zero-order valence-corrected chi connectivity index (χ0v) is 11.4. The summed E-state index contributed by atoms with van der Waals surface area (Å²) in [6.07, 6.45) is 0. The van der Waals surface area contributed by atoms with E-state index in [1.807, 2.05) is 30.4 Å². The maximum Gasteiger partial charge on any atom is 0.318 e. The number of primary amides is 1. The summed E-state index contributed by atoms with van der Waals surface area (Å²) in [5.41, 5.74) is 7.80. The molecule has 1 atom stereocenters. The van der Waals surface area contributed by atoms with Crippen LogP contribution >= 0.6 is 11.8 Å². The van der Waals surface area contributed by atoms with E-state index in [2.05, 4.69) is 9.97 Å². The lowest BCUT2D eigenvalue weighted by molar-refractivity contribution is -0.119. The highest BCUT2D eigenvalue weighted by Crippen LogP contribution is 2.23. The second-order valence-electron chi connectivity index (χ2n) is 4.18. The Morgan fingerprint density at radius 3 is 2.89 bits per heavy atom. The van der Waals surface area contributed by atoms with Crippen molar-refractivity contribution in [2.75, 3.05) is 0 Å². The molecule has 0 aliphatic carbocycles. The number of nitrogens with one attached hydrogen (secondary N) is 2. The number of aromatic amines is 1. The van der Waals surface area contributed by atoms with E-state index in [4.69, 9.17) is 5.73 Å². The molecule has 0 aliphatic rings. The summed E-state index contributed by atoms with van der Waals surface area (Å²) >= 11 is 1.24. The van der Waals surface area contributed by atoms with Crippen molar-refractivity contribution in [3.05, 3.63) is 23.8 Å². The Balaban J connectivity index is 2.12. The van der Waals surface area contributed by atoms with E-state index in [0.717, 1.165) is 16.6 Å². The Bertz CT molecular complexity index is 638. The van der Waals surface area contributed by atoms with Gasteiger partial charge in [-0.1, -0.05) is 17.8 Å². The number of carbonyl (C=O) groups is 2. The standard InChI is InChI=1S/C12H14N4O2S/c1-6-3-4-8-9(5-6)15-12(14-8)19-7(2)10(17)16-11(13)18/h3-5,7H,1-2H3,(H,14,15)(H3,13,16,17,18). The maximum absolute atomic E-state index is 11.6. The van der Waals surface area contributed by atoms with Crippen LogP contribution in [0.2, 0.25) is 0 Å².